The molecule has 0 spiro atoms. The molecule has 0 unspecified atom stereocenters. The molecule has 33 heavy (non-hydrogen) atoms. The maximum absolute atomic E-state index is 13.9. The zero-order valence-electron chi connectivity index (χ0n) is 16.9. The maximum Gasteiger partial charge on any atom is 0.336 e. The largest absolute Gasteiger partial charge is 0.456 e. The lowest BCUT2D eigenvalue weighted by Crippen LogP contribution is -2.07. The van der Waals surface area contributed by atoms with Crippen molar-refractivity contribution >= 4 is 11.6 Å². The molecule has 0 aliphatic heterocycles. The average molecular weight is 439 g/mol. The number of ether oxygens (including phenoxy) is 1. The number of hydrogen-bond donors (Lipinski definition) is 1. The number of halogens is 1. The number of pyridine rings is 1. The highest BCUT2D eigenvalue weighted by Crippen LogP contribution is 2.35. The SMILES string of the molecule is N#Cc1ccccc1-c1nc(N)n2nc(OCc3ncccc3F)nc2c1-c1ccncn1. The van der Waals surface area contributed by atoms with E-state index in [-0.39, 0.29) is 24.3 Å². The molecule has 11 heteroatoms. The Hall–Kier alpha value is -4.98. The van der Waals surface area contributed by atoms with Crippen molar-refractivity contribution in [3.8, 4) is 34.6 Å². The molecule has 0 aliphatic carbocycles. The van der Waals surface area contributed by atoms with Crippen LogP contribution in [0, 0.1) is 17.1 Å². The molecule has 5 aromatic rings. The topological polar surface area (TPSA) is 141 Å². The Balaban J connectivity index is 1.69. The fourth-order valence-electron chi connectivity index (χ4n) is 3.31. The first-order valence-electron chi connectivity index (χ1n) is 9.70. The van der Waals surface area contributed by atoms with Crippen LogP contribution in [0.15, 0.2) is 61.2 Å². The van der Waals surface area contributed by atoms with E-state index in [4.69, 9.17) is 10.5 Å². The molecule has 0 bridgehead atoms. The zero-order valence-corrected chi connectivity index (χ0v) is 16.9. The Morgan fingerprint density at radius 3 is 2.73 bits per heavy atom. The molecule has 0 saturated carbocycles. The first-order valence-corrected chi connectivity index (χ1v) is 9.70. The number of nitrogen functional groups attached to an aromatic ring is 1. The van der Waals surface area contributed by atoms with Crippen molar-refractivity contribution in [2.75, 3.05) is 5.73 Å². The van der Waals surface area contributed by atoms with Crippen LogP contribution < -0.4 is 10.5 Å². The van der Waals surface area contributed by atoms with Crippen molar-refractivity contribution in [2.24, 2.45) is 0 Å². The van der Waals surface area contributed by atoms with Gasteiger partial charge in [0.25, 0.3) is 0 Å². The van der Waals surface area contributed by atoms with E-state index in [0.717, 1.165) is 0 Å². The fourth-order valence-corrected chi connectivity index (χ4v) is 3.31. The van der Waals surface area contributed by atoms with Crippen LogP contribution in [-0.2, 0) is 6.61 Å². The van der Waals surface area contributed by atoms with Gasteiger partial charge in [-0.15, -0.1) is 5.10 Å². The number of benzene rings is 1. The summed E-state index contributed by atoms with van der Waals surface area (Å²) in [5, 5.41) is 13.9. The number of fused-ring (bicyclic) bond motifs is 1. The lowest BCUT2D eigenvalue weighted by molar-refractivity contribution is 0.271. The standard InChI is InChI=1S/C22H14FN9O/c23-15-6-3-8-27-17(15)11-33-22-30-20-18(16-7-9-26-12-28-16)19(29-21(25)32(20)31-22)14-5-2-1-4-13(14)10-24/h1-9,12H,11H2,(H2,25,29). The third-order valence-corrected chi connectivity index (χ3v) is 4.80. The number of nitrogens with two attached hydrogens (primary N) is 1. The van der Waals surface area contributed by atoms with Gasteiger partial charge in [0.2, 0.25) is 5.95 Å². The highest BCUT2D eigenvalue weighted by molar-refractivity contribution is 5.90. The molecule has 1 aromatic carbocycles. The Labute approximate surface area is 186 Å². The van der Waals surface area contributed by atoms with Gasteiger partial charge in [-0.25, -0.2) is 19.3 Å². The second-order valence-corrected chi connectivity index (χ2v) is 6.80. The quantitative estimate of drug-likeness (QED) is 0.437. The van der Waals surface area contributed by atoms with Crippen molar-refractivity contribution in [1.82, 2.24) is 34.5 Å². The third kappa shape index (κ3) is 3.66. The Kier molecular flexibility index (Phi) is 5.00. The van der Waals surface area contributed by atoms with Gasteiger partial charge in [0.05, 0.1) is 28.6 Å². The van der Waals surface area contributed by atoms with E-state index in [9.17, 15) is 9.65 Å². The van der Waals surface area contributed by atoms with E-state index in [2.05, 4.69) is 36.1 Å². The van der Waals surface area contributed by atoms with Crippen LogP contribution in [0.5, 0.6) is 6.01 Å². The molecular weight excluding hydrogens is 425 g/mol. The number of nitriles is 1. The number of hydrogen-bond acceptors (Lipinski definition) is 9. The monoisotopic (exact) mass is 439 g/mol. The number of anilines is 1. The molecule has 0 aliphatic rings. The van der Waals surface area contributed by atoms with Crippen LogP contribution in [-0.4, -0.2) is 34.5 Å². The minimum atomic E-state index is -0.500. The van der Waals surface area contributed by atoms with Crippen LogP contribution in [0.4, 0.5) is 10.3 Å². The predicted molar refractivity (Wildman–Crippen MR) is 115 cm³/mol. The van der Waals surface area contributed by atoms with Gasteiger partial charge in [-0.05, 0) is 24.3 Å². The first-order chi connectivity index (χ1) is 16.2. The molecule has 4 heterocycles. The molecule has 2 N–H and O–H groups in total. The molecule has 160 valence electrons. The van der Waals surface area contributed by atoms with Gasteiger partial charge in [-0.3, -0.25) is 4.98 Å². The van der Waals surface area contributed by atoms with Crippen molar-refractivity contribution in [2.45, 2.75) is 6.61 Å². The van der Waals surface area contributed by atoms with Gasteiger partial charge in [-0.1, -0.05) is 18.2 Å². The molecule has 5 rings (SSSR count). The summed E-state index contributed by atoms with van der Waals surface area (Å²) in [6.07, 6.45) is 4.43. The molecule has 0 fully saturated rings. The van der Waals surface area contributed by atoms with E-state index in [1.807, 2.05) is 0 Å². The van der Waals surface area contributed by atoms with Crippen LogP contribution in [0.25, 0.3) is 28.2 Å². The second-order valence-electron chi connectivity index (χ2n) is 6.80. The van der Waals surface area contributed by atoms with Crippen LogP contribution in [0.2, 0.25) is 0 Å². The molecule has 0 saturated heterocycles. The van der Waals surface area contributed by atoms with Gasteiger partial charge in [0.1, 0.15) is 24.4 Å². The van der Waals surface area contributed by atoms with E-state index >= 15 is 0 Å². The average Bonchev–Trinajstić information content (AvgIpc) is 3.28. The van der Waals surface area contributed by atoms with E-state index < -0.39 is 5.82 Å². The molecule has 0 radical (unpaired) electrons. The molecule has 0 amide bonds. The Bertz CT molecular complexity index is 1510. The highest BCUT2D eigenvalue weighted by Gasteiger charge is 2.22. The number of nitrogens with zero attached hydrogens (tertiary/aromatic N) is 8. The normalized spacial score (nSPS) is 10.8. The summed E-state index contributed by atoms with van der Waals surface area (Å²) in [6.45, 7) is -0.177. The maximum atomic E-state index is 13.9. The predicted octanol–water partition coefficient (Wildman–Crippen LogP) is 2.82. The molecule has 4 aromatic heterocycles. The number of aromatic nitrogens is 7. The van der Waals surface area contributed by atoms with Crippen molar-refractivity contribution < 1.29 is 9.13 Å². The van der Waals surface area contributed by atoms with Crippen LogP contribution in [0.3, 0.4) is 0 Å². The smallest absolute Gasteiger partial charge is 0.336 e. The van der Waals surface area contributed by atoms with Gasteiger partial charge in [0.15, 0.2) is 5.65 Å². The highest BCUT2D eigenvalue weighted by atomic mass is 19.1. The zero-order chi connectivity index (χ0) is 22.8. The Morgan fingerprint density at radius 2 is 1.94 bits per heavy atom. The van der Waals surface area contributed by atoms with Crippen molar-refractivity contribution in [3.05, 3.63) is 78.3 Å². The summed E-state index contributed by atoms with van der Waals surface area (Å²) in [6, 6.07) is 13.6. The molecular formula is C22H14FN9O. The lowest BCUT2D eigenvalue weighted by atomic mass is 10.00. The summed E-state index contributed by atoms with van der Waals surface area (Å²) < 4.78 is 20.8. The first kappa shape index (κ1) is 20.0. The van der Waals surface area contributed by atoms with Gasteiger partial charge in [0, 0.05) is 18.0 Å². The fraction of sp³-hybridized carbons (Fsp3) is 0.0455. The number of rotatable bonds is 5. The summed E-state index contributed by atoms with van der Waals surface area (Å²) in [4.78, 5) is 21.2. The summed E-state index contributed by atoms with van der Waals surface area (Å²) in [5.74, 6) is -0.476. The lowest BCUT2D eigenvalue weighted by Gasteiger charge is -2.11. The minimum absolute atomic E-state index is 0.0249. The van der Waals surface area contributed by atoms with E-state index in [0.29, 0.717) is 33.7 Å². The molecule has 10 nitrogen and oxygen atoms in total. The van der Waals surface area contributed by atoms with E-state index in [1.165, 1.54) is 29.2 Å². The van der Waals surface area contributed by atoms with Crippen molar-refractivity contribution in [3.63, 3.8) is 0 Å². The van der Waals surface area contributed by atoms with Gasteiger partial charge in [-0.2, -0.15) is 14.8 Å². The van der Waals surface area contributed by atoms with Gasteiger partial charge < -0.3 is 10.5 Å². The third-order valence-electron chi connectivity index (χ3n) is 4.80. The van der Waals surface area contributed by atoms with Crippen LogP contribution >= 0.6 is 0 Å². The Morgan fingerprint density at radius 1 is 1.06 bits per heavy atom. The minimum Gasteiger partial charge on any atom is -0.456 e. The van der Waals surface area contributed by atoms with Crippen LogP contribution in [0.1, 0.15) is 11.3 Å². The molecule has 0 atom stereocenters. The summed E-state index contributed by atoms with van der Waals surface area (Å²) >= 11 is 0. The summed E-state index contributed by atoms with van der Waals surface area (Å²) in [5.41, 5.74) is 8.96. The van der Waals surface area contributed by atoms with Gasteiger partial charge >= 0.3 is 6.01 Å². The summed E-state index contributed by atoms with van der Waals surface area (Å²) in [7, 11) is 0. The van der Waals surface area contributed by atoms with E-state index in [1.54, 1.807) is 36.5 Å². The second kappa shape index (κ2) is 8.27. The van der Waals surface area contributed by atoms with Crippen molar-refractivity contribution in [1.29, 1.82) is 5.26 Å².